The molecule has 0 aliphatic carbocycles. The van der Waals surface area contributed by atoms with Crippen LogP contribution in [0.15, 0.2) is 22.6 Å². The molecule has 6 nitrogen and oxygen atoms in total. The molecule has 1 amide bonds. The fraction of sp³-hybridized carbons (Fsp3) is 0.214. The lowest BCUT2D eigenvalue weighted by Gasteiger charge is -2.05. The summed E-state index contributed by atoms with van der Waals surface area (Å²) in [5.74, 6) is 5.71. The first-order valence-corrected chi connectivity index (χ1v) is 6.01. The maximum Gasteiger partial charge on any atom is 0.322 e. The highest BCUT2D eigenvalue weighted by Crippen LogP contribution is 2.13. The monoisotopic (exact) mass is 270 g/mol. The van der Waals surface area contributed by atoms with Gasteiger partial charge in [-0.3, -0.25) is 10.1 Å². The predicted octanol–water partition coefficient (Wildman–Crippen LogP) is 1.25. The molecule has 2 rings (SSSR count). The highest BCUT2D eigenvalue weighted by atomic mass is 16.4. The normalized spacial score (nSPS) is 9.75. The third-order valence-corrected chi connectivity index (χ3v) is 2.56. The second kappa shape index (κ2) is 5.99. The van der Waals surface area contributed by atoms with Crippen LogP contribution >= 0.6 is 0 Å². The molecule has 3 N–H and O–H groups in total. The number of aryl methyl sites for hydroxylation is 2. The molecule has 20 heavy (non-hydrogen) atoms. The fourth-order valence-electron chi connectivity index (χ4n) is 1.61. The third kappa shape index (κ3) is 3.22. The van der Waals surface area contributed by atoms with E-state index in [1.165, 1.54) is 0 Å². The summed E-state index contributed by atoms with van der Waals surface area (Å²) in [6, 6.07) is 5.45. The predicted molar refractivity (Wildman–Crippen MR) is 74.1 cm³/mol. The maximum atomic E-state index is 12.2. The number of nitrogens with one attached hydrogen (secondary N) is 1. The summed E-state index contributed by atoms with van der Waals surface area (Å²) in [5, 5.41) is 9.92. The maximum absolute atomic E-state index is 12.2. The average molecular weight is 270 g/mol. The Morgan fingerprint density at radius 2 is 2.20 bits per heavy atom. The largest absolute Gasteiger partial charge is 0.408 e. The molecule has 102 valence electrons. The standard InChI is InChI=1S/C14H14N4O2/c1-9-5-6-11(4-3-7-15)8-12(9)13(19)16-14-18-17-10(2)20-14/h5-6,8H,7,15H2,1-2H3,(H,16,18,19). The first kappa shape index (κ1) is 13.8. The van der Waals surface area contributed by atoms with Crippen LogP contribution in [0.25, 0.3) is 0 Å². The van der Waals surface area contributed by atoms with Crippen LogP contribution in [0, 0.1) is 25.7 Å². The van der Waals surface area contributed by atoms with Crippen LogP contribution in [-0.2, 0) is 0 Å². The van der Waals surface area contributed by atoms with Crippen LogP contribution in [0.1, 0.15) is 27.4 Å². The highest BCUT2D eigenvalue weighted by molar-refractivity contribution is 6.04. The molecular weight excluding hydrogens is 256 g/mol. The van der Waals surface area contributed by atoms with Crippen molar-refractivity contribution in [3.63, 3.8) is 0 Å². The first-order chi connectivity index (χ1) is 9.60. The number of carbonyl (C=O) groups excluding carboxylic acids is 1. The zero-order chi connectivity index (χ0) is 14.5. The van der Waals surface area contributed by atoms with Crippen LogP contribution in [0.2, 0.25) is 0 Å². The molecule has 0 atom stereocenters. The number of hydrogen-bond donors (Lipinski definition) is 2. The van der Waals surface area contributed by atoms with Gasteiger partial charge in [-0.05, 0) is 24.6 Å². The number of benzene rings is 1. The van der Waals surface area contributed by atoms with Crippen molar-refractivity contribution in [1.29, 1.82) is 0 Å². The van der Waals surface area contributed by atoms with Gasteiger partial charge in [-0.25, -0.2) is 0 Å². The van der Waals surface area contributed by atoms with E-state index in [0.717, 1.165) is 11.1 Å². The fourth-order valence-corrected chi connectivity index (χ4v) is 1.61. The smallest absolute Gasteiger partial charge is 0.322 e. The molecule has 0 spiro atoms. The van der Waals surface area contributed by atoms with E-state index in [4.69, 9.17) is 10.2 Å². The number of anilines is 1. The van der Waals surface area contributed by atoms with E-state index in [2.05, 4.69) is 27.4 Å². The Bertz CT molecular complexity index is 695. The molecule has 0 unspecified atom stereocenters. The minimum absolute atomic E-state index is 0.0744. The minimum atomic E-state index is -0.317. The minimum Gasteiger partial charge on any atom is -0.408 e. The van der Waals surface area contributed by atoms with Gasteiger partial charge in [0.15, 0.2) is 0 Å². The van der Waals surface area contributed by atoms with Crippen molar-refractivity contribution >= 4 is 11.9 Å². The number of nitrogens with zero attached hydrogens (tertiary/aromatic N) is 2. The molecule has 2 aromatic rings. The summed E-state index contributed by atoms with van der Waals surface area (Å²) in [6.45, 7) is 3.77. The number of aromatic nitrogens is 2. The first-order valence-electron chi connectivity index (χ1n) is 6.01. The van der Waals surface area contributed by atoms with Gasteiger partial charge in [0.25, 0.3) is 5.91 Å². The molecule has 0 saturated carbocycles. The average Bonchev–Trinajstić information content (AvgIpc) is 2.83. The Hall–Kier alpha value is -2.65. The Balaban J connectivity index is 2.24. The molecule has 0 radical (unpaired) electrons. The van der Waals surface area contributed by atoms with E-state index >= 15 is 0 Å². The second-order valence-corrected chi connectivity index (χ2v) is 4.12. The van der Waals surface area contributed by atoms with Gasteiger partial charge in [0.2, 0.25) is 5.89 Å². The molecule has 0 fully saturated rings. The van der Waals surface area contributed by atoms with Gasteiger partial charge in [0.1, 0.15) is 0 Å². The van der Waals surface area contributed by atoms with Crippen molar-refractivity contribution in [2.24, 2.45) is 5.73 Å². The Kier molecular flexibility index (Phi) is 4.13. The Morgan fingerprint density at radius 1 is 1.40 bits per heavy atom. The van der Waals surface area contributed by atoms with Gasteiger partial charge in [0, 0.05) is 18.1 Å². The molecule has 1 aromatic carbocycles. The van der Waals surface area contributed by atoms with Crippen LogP contribution in [0.3, 0.4) is 0 Å². The summed E-state index contributed by atoms with van der Waals surface area (Å²) in [7, 11) is 0. The summed E-state index contributed by atoms with van der Waals surface area (Å²) in [4.78, 5) is 12.2. The van der Waals surface area contributed by atoms with Gasteiger partial charge in [0.05, 0.1) is 6.54 Å². The summed E-state index contributed by atoms with van der Waals surface area (Å²) >= 11 is 0. The van der Waals surface area contributed by atoms with Gasteiger partial charge in [-0.2, -0.15) is 0 Å². The lowest BCUT2D eigenvalue weighted by molar-refractivity contribution is 0.102. The SMILES string of the molecule is Cc1nnc(NC(=O)c2cc(C#CCN)ccc2C)o1. The van der Waals surface area contributed by atoms with Crippen molar-refractivity contribution in [2.45, 2.75) is 13.8 Å². The van der Waals surface area contributed by atoms with Gasteiger partial charge < -0.3 is 10.2 Å². The number of hydrogen-bond acceptors (Lipinski definition) is 5. The Morgan fingerprint density at radius 3 is 2.85 bits per heavy atom. The van der Waals surface area contributed by atoms with Crippen LogP contribution in [0.5, 0.6) is 0 Å². The molecule has 1 aromatic heterocycles. The van der Waals surface area contributed by atoms with Crippen molar-refractivity contribution in [3.05, 3.63) is 40.8 Å². The summed E-state index contributed by atoms with van der Waals surface area (Å²) < 4.78 is 5.11. The van der Waals surface area contributed by atoms with E-state index in [1.807, 2.05) is 19.1 Å². The topological polar surface area (TPSA) is 94.0 Å². The second-order valence-electron chi connectivity index (χ2n) is 4.12. The number of rotatable bonds is 2. The van der Waals surface area contributed by atoms with E-state index in [0.29, 0.717) is 11.5 Å². The lowest BCUT2D eigenvalue weighted by atomic mass is 10.0. The van der Waals surface area contributed by atoms with Gasteiger partial charge in [-0.1, -0.05) is 23.0 Å². The van der Waals surface area contributed by atoms with Crippen molar-refractivity contribution in [1.82, 2.24) is 10.2 Å². The molecule has 0 aliphatic rings. The molecule has 1 heterocycles. The number of nitrogens with two attached hydrogens (primary N) is 1. The van der Waals surface area contributed by atoms with E-state index in [1.54, 1.807) is 13.0 Å². The van der Waals surface area contributed by atoms with E-state index in [-0.39, 0.29) is 18.5 Å². The Labute approximate surface area is 116 Å². The third-order valence-electron chi connectivity index (χ3n) is 2.56. The molecule has 0 saturated heterocycles. The van der Waals surface area contributed by atoms with Crippen molar-refractivity contribution < 1.29 is 9.21 Å². The zero-order valence-corrected chi connectivity index (χ0v) is 11.2. The molecule has 0 aliphatic heterocycles. The van der Waals surface area contributed by atoms with Crippen molar-refractivity contribution in [3.8, 4) is 11.8 Å². The van der Waals surface area contributed by atoms with Gasteiger partial charge in [-0.15, -0.1) is 5.10 Å². The van der Waals surface area contributed by atoms with E-state index in [9.17, 15) is 4.79 Å². The summed E-state index contributed by atoms with van der Waals surface area (Å²) in [5.41, 5.74) is 7.39. The zero-order valence-electron chi connectivity index (χ0n) is 11.2. The van der Waals surface area contributed by atoms with Crippen molar-refractivity contribution in [2.75, 3.05) is 11.9 Å². The summed E-state index contributed by atoms with van der Waals surface area (Å²) in [6.07, 6.45) is 0. The van der Waals surface area contributed by atoms with Crippen LogP contribution in [-0.4, -0.2) is 22.6 Å². The van der Waals surface area contributed by atoms with Crippen LogP contribution < -0.4 is 11.1 Å². The lowest BCUT2D eigenvalue weighted by Crippen LogP contribution is -2.14. The molecule has 6 heteroatoms. The number of carbonyl (C=O) groups is 1. The van der Waals surface area contributed by atoms with Crippen LogP contribution in [0.4, 0.5) is 6.01 Å². The molecular formula is C14H14N4O2. The van der Waals surface area contributed by atoms with Gasteiger partial charge >= 0.3 is 6.01 Å². The highest BCUT2D eigenvalue weighted by Gasteiger charge is 2.13. The van der Waals surface area contributed by atoms with E-state index < -0.39 is 0 Å². The number of amides is 1. The quantitative estimate of drug-likeness (QED) is 0.801. The molecule has 0 bridgehead atoms.